The van der Waals surface area contributed by atoms with E-state index in [2.05, 4.69) is 6.92 Å². The Morgan fingerprint density at radius 1 is 1.39 bits per heavy atom. The van der Waals surface area contributed by atoms with Gasteiger partial charge in [-0.05, 0) is 25.0 Å². The molecule has 1 fully saturated rings. The maximum atomic E-state index is 11.7. The first kappa shape index (κ1) is 12.7. The lowest BCUT2D eigenvalue weighted by atomic mass is 10.1. The predicted molar refractivity (Wildman–Crippen MR) is 68.4 cm³/mol. The molecule has 1 amide bonds. The van der Waals surface area contributed by atoms with Crippen LogP contribution in [0.3, 0.4) is 0 Å². The third kappa shape index (κ3) is 2.58. The zero-order valence-corrected chi connectivity index (χ0v) is 10.8. The summed E-state index contributed by atoms with van der Waals surface area (Å²) in [5.74, 6) is 1.85. The van der Waals surface area contributed by atoms with Crippen molar-refractivity contribution in [1.29, 1.82) is 0 Å². The summed E-state index contributed by atoms with van der Waals surface area (Å²) in [6.07, 6.45) is 0.540. The Labute approximate surface area is 107 Å². The van der Waals surface area contributed by atoms with Gasteiger partial charge in [-0.2, -0.15) is 0 Å². The van der Waals surface area contributed by atoms with Crippen molar-refractivity contribution in [3.05, 3.63) is 30.7 Å². The molecular weight excluding hydrogens is 230 g/mol. The molecule has 1 aromatic rings. The number of rotatable bonds is 4. The fourth-order valence-electron chi connectivity index (χ4n) is 2.19. The molecule has 1 saturated heterocycles. The number of carbonyl (C=O) groups excluding carboxylic acids is 1. The van der Waals surface area contributed by atoms with Crippen LogP contribution >= 0.6 is 0 Å². The van der Waals surface area contributed by atoms with E-state index < -0.39 is 0 Å². The second-order valence-electron chi connectivity index (χ2n) is 4.52. The van der Waals surface area contributed by atoms with E-state index >= 15 is 0 Å². The lowest BCUT2D eigenvalue weighted by molar-refractivity contribution is -0.128. The van der Waals surface area contributed by atoms with Crippen molar-refractivity contribution in [1.82, 2.24) is 4.90 Å². The number of likely N-dealkylation sites (tertiary alicyclic amines) is 1. The molecule has 1 aliphatic rings. The number of hydrogen-bond donors (Lipinski definition) is 0. The minimum atomic E-state index is 0.160. The van der Waals surface area contributed by atoms with Crippen LogP contribution < -0.4 is 9.47 Å². The number of carbonyl (C=O) groups is 1. The molecule has 4 nitrogen and oxygen atoms in total. The summed E-state index contributed by atoms with van der Waals surface area (Å²) in [5.41, 5.74) is 0.987. The molecule has 0 aromatic heterocycles. The van der Waals surface area contributed by atoms with Gasteiger partial charge in [-0.25, -0.2) is 0 Å². The molecule has 1 heterocycles. The van der Waals surface area contributed by atoms with Crippen molar-refractivity contribution in [3.8, 4) is 11.5 Å². The molecule has 0 spiro atoms. The average Bonchev–Trinajstić information content (AvgIpc) is 2.68. The summed E-state index contributed by atoms with van der Waals surface area (Å²) in [6, 6.07) is 5.64. The van der Waals surface area contributed by atoms with Crippen molar-refractivity contribution in [2.75, 3.05) is 20.8 Å². The van der Waals surface area contributed by atoms with E-state index in [1.165, 1.54) is 0 Å². The molecular formula is C14H18NO3. The molecule has 0 bridgehead atoms. The van der Waals surface area contributed by atoms with E-state index in [9.17, 15) is 4.79 Å². The maximum absolute atomic E-state index is 11.7. The molecule has 4 heteroatoms. The molecule has 2 rings (SSSR count). The number of amides is 1. The van der Waals surface area contributed by atoms with Crippen LogP contribution in [0.2, 0.25) is 0 Å². The van der Waals surface area contributed by atoms with Crippen molar-refractivity contribution in [3.63, 3.8) is 0 Å². The molecule has 1 radical (unpaired) electrons. The zero-order chi connectivity index (χ0) is 13.1. The Balaban J connectivity index is 2.16. The van der Waals surface area contributed by atoms with Crippen molar-refractivity contribution in [2.24, 2.45) is 5.92 Å². The van der Waals surface area contributed by atoms with Crippen molar-refractivity contribution >= 4 is 5.91 Å². The van der Waals surface area contributed by atoms with Crippen LogP contribution in [0, 0.1) is 12.8 Å². The quantitative estimate of drug-likeness (QED) is 0.816. The van der Waals surface area contributed by atoms with E-state index in [4.69, 9.17) is 9.47 Å². The fraction of sp³-hybridized carbons (Fsp3) is 0.429. The first-order chi connectivity index (χ1) is 8.63. The Morgan fingerprint density at radius 3 is 2.72 bits per heavy atom. The van der Waals surface area contributed by atoms with Gasteiger partial charge in [-0.3, -0.25) is 4.79 Å². The molecule has 0 N–H and O–H groups in total. The predicted octanol–water partition coefficient (Wildman–Crippen LogP) is 1.89. The van der Waals surface area contributed by atoms with Gasteiger partial charge in [0.25, 0.3) is 0 Å². The van der Waals surface area contributed by atoms with Gasteiger partial charge >= 0.3 is 0 Å². The summed E-state index contributed by atoms with van der Waals surface area (Å²) in [6.45, 7) is 5.22. The summed E-state index contributed by atoms with van der Waals surface area (Å²) in [7, 11) is 3.24. The SMILES string of the molecule is [CH2]C1CC(=O)N(Cc2ccc(OC)cc2OC)C1. The number of methoxy groups -OCH3 is 2. The second kappa shape index (κ2) is 5.29. The highest BCUT2D eigenvalue weighted by molar-refractivity contribution is 5.78. The summed E-state index contributed by atoms with van der Waals surface area (Å²) < 4.78 is 10.5. The van der Waals surface area contributed by atoms with Crippen molar-refractivity contribution < 1.29 is 14.3 Å². The standard InChI is InChI=1S/C14H18NO3/c1-10-6-14(16)15(8-10)9-11-4-5-12(17-2)7-13(11)18-3/h4-5,7,10H,1,6,8-9H2,2-3H3. The van der Waals surface area contributed by atoms with Crippen LogP contribution in [0.1, 0.15) is 12.0 Å². The highest BCUT2D eigenvalue weighted by Crippen LogP contribution is 2.27. The van der Waals surface area contributed by atoms with E-state index in [-0.39, 0.29) is 11.8 Å². The Morgan fingerprint density at radius 2 is 2.17 bits per heavy atom. The van der Waals surface area contributed by atoms with Crippen LogP contribution in [0.5, 0.6) is 11.5 Å². The van der Waals surface area contributed by atoms with Gasteiger partial charge in [0.15, 0.2) is 0 Å². The summed E-state index contributed by atoms with van der Waals surface area (Å²) in [5, 5.41) is 0. The van der Waals surface area contributed by atoms with Gasteiger partial charge in [0.1, 0.15) is 11.5 Å². The number of nitrogens with zero attached hydrogens (tertiary/aromatic N) is 1. The van der Waals surface area contributed by atoms with Gasteiger partial charge in [0, 0.05) is 31.1 Å². The summed E-state index contributed by atoms with van der Waals surface area (Å²) in [4.78, 5) is 13.6. The largest absolute Gasteiger partial charge is 0.497 e. The maximum Gasteiger partial charge on any atom is 0.223 e. The zero-order valence-electron chi connectivity index (χ0n) is 10.8. The minimum absolute atomic E-state index is 0.160. The van der Waals surface area contributed by atoms with Gasteiger partial charge in [0.05, 0.1) is 14.2 Å². The Bertz CT molecular complexity index is 445. The second-order valence-corrected chi connectivity index (χ2v) is 4.52. The first-order valence-electron chi connectivity index (χ1n) is 5.95. The molecule has 0 saturated carbocycles. The average molecular weight is 248 g/mol. The summed E-state index contributed by atoms with van der Waals surface area (Å²) >= 11 is 0. The van der Waals surface area contributed by atoms with Gasteiger partial charge < -0.3 is 14.4 Å². The minimum Gasteiger partial charge on any atom is -0.497 e. The third-order valence-corrected chi connectivity index (χ3v) is 3.15. The highest BCUT2D eigenvalue weighted by atomic mass is 16.5. The highest BCUT2D eigenvalue weighted by Gasteiger charge is 2.27. The first-order valence-corrected chi connectivity index (χ1v) is 5.95. The lowest BCUT2D eigenvalue weighted by Gasteiger charge is -2.18. The molecule has 1 aromatic carbocycles. The number of hydrogen-bond acceptors (Lipinski definition) is 3. The molecule has 18 heavy (non-hydrogen) atoms. The Hall–Kier alpha value is -1.71. The van der Waals surface area contributed by atoms with Crippen molar-refractivity contribution in [2.45, 2.75) is 13.0 Å². The van der Waals surface area contributed by atoms with E-state index in [0.29, 0.717) is 19.5 Å². The smallest absolute Gasteiger partial charge is 0.223 e. The number of ether oxygens (including phenoxy) is 2. The van der Waals surface area contributed by atoms with Gasteiger partial charge in [-0.1, -0.05) is 0 Å². The monoisotopic (exact) mass is 248 g/mol. The van der Waals surface area contributed by atoms with Gasteiger partial charge in [-0.15, -0.1) is 0 Å². The van der Waals surface area contributed by atoms with Crippen LogP contribution in [-0.2, 0) is 11.3 Å². The topological polar surface area (TPSA) is 38.8 Å². The van der Waals surface area contributed by atoms with Crippen LogP contribution in [0.25, 0.3) is 0 Å². The Kier molecular flexibility index (Phi) is 3.75. The van der Waals surface area contributed by atoms with Crippen LogP contribution in [0.15, 0.2) is 18.2 Å². The molecule has 97 valence electrons. The normalized spacial score (nSPS) is 19.2. The molecule has 1 aliphatic heterocycles. The van der Waals surface area contributed by atoms with E-state index in [1.54, 1.807) is 14.2 Å². The molecule has 1 atom stereocenters. The lowest BCUT2D eigenvalue weighted by Crippen LogP contribution is -2.24. The molecule has 0 aliphatic carbocycles. The van der Waals surface area contributed by atoms with Crippen LogP contribution in [-0.4, -0.2) is 31.6 Å². The molecule has 1 unspecified atom stereocenters. The van der Waals surface area contributed by atoms with E-state index in [1.807, 2.05) is 23.1 Å². The fourth-order valence-corrected chi connectivity index (χ4v) is 2.19. The van der Waals surface area contributed by atoms with Gasteiger partial charge in [0.2, 0.25) is 5.91 Å². The van der Waals surface area contributed by atoms with Crippen LogP contribution in [0.4, 0.5) is 0 Å². The third-order valence-electron chi connectivity index (χ3n) is 3.15. The van der Waals surface area contributed by atoms with E-state index in [0.717, 1.165) is 17.1 Å². The number of benzene rings is 1.